The Bertz CT molecular complexity index is 448. The minimum atomic E-state index is -4.03. The van der Waals surface area contributed by atoms with Gasteiger partial charge in [0.1, 0.15) is 5.37 Å². The maximum absolute atomic E-state index is 11.0. The topological polar surface area (TPSA) is 66.4 Å². The number of hydrogen-bond donors (Lipinski definition) is 3. The second-order valence-corrected chi connectivity index (χ2v) is 6.49. The van der Waals surface area contributed by atoms with Crippen molar-refractivity contribution in [2.75, 3.05) is 6.54 Å². The van der Waals surface area contributed by atoms with E-state index in [0.29, 0.717) is 13.0 Å². The molecular weight excluding hydrogens is 270 g/mol. The highest BCUT2D eigenvalue weighted by Crippen LogP contribution is 2.08. The Kier molecular flexibility index (Phi) is 6.14. The van der Waals surface area contributed by atoms with E-state index in [1.165, 1.54) is 0 Å². The Morgan fingerprint density at radius 3 is 2.44 bits per heavy atom. The molecule has 0 aromatic heterocycles. The van der Waals surface area contributed by atoms with Gasteiger partial charge in [-0.25, -0.2) is 0 Å². The summed E-state index contributed by atoms with van der Waals surface area (Å²) in [7, 11) is -4.03. The zero-order valence-electron chi connectivity index (χ0n) is 10.3. The van der Waals surface area contributed by atoms with Crippen molar-refractivity contribution in [3.63, 3.8) is 0 Å². The molecule has 0 aliphatic carbocycles. The zero-order valence-corrected chi connectivity index (χ0v) is 12.0. The summed E-state index contributed by atoms with van der Waals surface area (Å²) >= 11 is 4.41. The summed E-state index contributed by atoms with van der Waals surface area (Å²) in [6.07, 6.45) is 1.07. The molecular formula is C12H19NO3S2. The lowest BCUT2D eigenvalue weighted by atomic mass is 10.1. The second-order valence-electron chi connectivity index (χ2n) is 4.16. The number of nitrogens with one attached hydrogen (secondary N) is 1. The van der Waals surface area contributed by atoms with Gasteiger partial charge >= 0.3 is 0 Å². The summed E-state index contributed by atoms with van der Waals surface area (Å²) in [5.74, 6) is 0. The SMILES string of the molecule is CCC(NCC(S)Cc1ccccc1)S(=O)(=O)O. The fourth-order valence-electron chi connectivity index (χ4n) is 1.69. The molecule has 0 radical (unpaired) electrons. The highest BCUT2D eigenvalue weighted by atomic mass is 32.2. The number of hydrogen-bond acceptors (Lipinski definition) is 4. The van der Waals surface area contributed by atoms with Crippen LogP contribution in [0.4, 0.5) is 0 Å². The van der Waals surface area contributed by atoms with Crippen LogP contribution in [0.5, 0.6) is 0 Å². The highest BCUT2D eigenvalue weighted by Gasteiger charge is 2.20. The van der Waals surface area contributed by atoms with E-state index in [-0.39, 0.29) is 5.25 Å². The molecule has 2 unspecified atom stereocenters. The molecule has 1 aromatic carbocycles. The molecule has 0 saturated carbocycles. The molecule has 0 saturated heterocycles. The van der Waals surface area contributed by atoms with Crippen LogP contribution in [0.2, 0.25) is 0 Å². The van der Waals surface area contributed by atoms with E-state index in [4.69, 9.17) is 4.55 Å². The van der Waals surface area contributed by atoms with E-state index in [1.807, 2.05) is 30.3 Å². The molecule has 2 N–H and O–H groups in total. The molecule has 0 spiro atoms. The maximum Gasteiger partial charge on any atom is 0.281 e. The van der Waals surface area contributed by atoms with E-state index in [9.17, 15) is 8.42 Å². The van der Waals surface area contributed by atoms with E-state index in [2.05, 4.69) is 17.9 Å². The normalized spacial score (nSPS) is 15.3. The quantitative estimate of drug-likeness (QED) is 0.528. The van der Waals surface area contributed by atoms with Crippen LogP contribution in [-0.2, 0) is 16.5 Å². The first kappa shape index (κ1) is 15.5. The Labute approximate surface area is 114 Å². The minimum Gasteiger partial charge on any atom is -0.298 e. The van der Waals surface area contributed by atoms with Crippen molar-refractivity contribution in [1.29, 1.82) is 0 Å². The van der Waals surface area contributed by atoms with Crippen molar-refractivity contribution in [2.45, 2.75) is 30.4 Å². The van der Waals surface area contributed by atoms with Crippen molar-refractivity contribution < 1.29 is 13.0 Å². The maximum atomic E-state index is 11.0. The summed E-state index contributed by atoms with van der Waals surface area (Å²) < 4.78 is 31.0. The molecule has 1 rings (SSSR count). The van der Waals surface area contributed by atoms with Gasteiger partial charge in [-0.05, 0) is 18.4 Å². The number of benzene rings is 1. The van der Waals surface area contributed by atoms with Gasteiger partial charge in [0.2, 0.25) is 0 Å². The molecule has 0 fully saturated rings. The van der Waals surface area contributed by atoms with E-state index in [1.54, 1.807) is 6.92 Å². The summed E-state index contributed by atoms with van der Waals surface area (Å²) in [5.41, 5.74) is 1.15. The van der Waals surface area contributed by atoms with Crippen molar-refractivity contribution in [3.05, 3.63) is 35.9 Å². The van der Waals surface area contributed by atoms with Gasteiger partial charge in [-0.2, -0.15) is 21.0 Å². The summed E-state index contributed by atoms with van der Waals surface area (Å²) in [5, 5.41) is 1.90. The molecule has 102 valence electrons. The van der Waals surface area contributed by atoms with Crippen LogP contribution in [0.3, 0.4) is 0 Å². The van der Waals surface area contributed by atoms with Crippen LogP contribution >= 0.6 is 12.6 Å². The van der Waals surface area contributed by atoms with Gasteiger partial charge in [0.05, 0.1) is 0 Å². The van der Waals surface area contributed by atoms with Crippen LogP contribution in [-0.4, -0.2) is 30.1 Å². The largest absolute Gasteiger partial charge is 0.298 e. The third kappa shape index (κ3) is 5.39. The standard InChI is InChI=1S/C12H19NO3S2/c1-2-12(18(14,15)16)13-9-11(17)8-10-6-4-3-5-7-10/h3-7,11-13,17H,2,8-9H2,1H3,(H,14,15,16). The van der Waals surface area contributed by atoms with E-state index in [0.717, 1.165) is 12.0 Å². The molecule has 4 nitrogen and oxygen atoms in total. The first-order valence-electron chi connectivity index (χ1n) is 5.85. The average Bonchev–Trinajstić information content (AvgIpc) is 2.29. The Balaban J connectivity index is 2.44. The van der Waals surface area contributed by atoms with Crippen LogP contribution in [0.1, 0.15) is 18.9 Å². The van der Waals surface area contributed by atoms with Crippen molar-refractivity contribution in [1.82, 2.24) is 5.32 Å². The summed E-state index contributed by atoms with van der Waals surface area (Å²) in [6.45, 7) is 2.13. The lowest BCUT2D eigenvalue weighted by Gasteiger charge is -2.17. The molecule has 0 aliphatic rings. The van der Waals surface area contributed by atoms with Crippen LogP contribution in [0, 0.1) is 0 Å². The molecule has 0 amide bonds. The summed E-state index contributed by atoms with van der Waals surface area (Å²) in [6, 6.07) is 9.86. The predicted molar refractivity (Wildman–Crippen MR) is 76.6 cm³/mol. The lowest BCUT2D eigenvalue weighted by molar-refractivity contribution is 0.445. The fraction of sp³-hybridized carbons (Fsp3) is 0.500. The number of rotatable bonds is 7. The number of thiol groups is 1. The Hall–Kier alpha value is -0.560. The third-order valence-corrected chi connectivity index (χ3v) is 4.21. The van der Waals surface area contributed by atoms with Crippen molar-refractivity contribution in [2.24, 2.45) is 0 Å². The molecule has 0 bridgehead atoms. The molecule has 0 heterocycles. The molecule has 6 heteroatoms. The monoisotopic (exact) mass is 289 g/mol. The zero-order chi connectivity index (χ0) is 13.6. The molecule has 2 atom stereocenters. The molecule has 18 heavy (non-hydrogen) atoms. The van der Waals surface area contributed by atoms with Gasteiger partial charge in [0.25, 0.3) is 10.1 Å². The Morgan fingerprint density at radius 2 is 1.94 bits per heavy atom. The smallest absolute Gasteiger partial charge is 0.281 e. The van der Waals surface area contributed by atoms with Crippen LogP contribution in [0.15, 0.2) is 30.3 Å². The van der Waals surface area contributed by atoms with E-state index >= 15 is 0 Å². The first-order valence-corrected chi connectivity index (χ1v) is 7.87. The summed E-state index contributed by atoms with van der Waals surface area (Å²) in [4.78, 5) is 0. The van der Waals surface area contributed by atoms with Gasteiger partial charge in [-0.3, -0.25) is 9.87 Å². The Morgan fingerprint density at radius 1 is 1.33 bits per heavy atom. The van der Waals surface area contributed by atoms with Crippen molar-refractivity contribution >= 4 is 22.7 Å². The van der Waals surface area contributed by atoms with Crippen LogP contribution in [0.25, 0.3) is 0 Å². The predicted octanol–water partition coefficient (Wildman–Crippen LogP) is 1.74. The van der Waals surface area contributed by atoms with Gasteiger partial charge < -0.3 is 0 Å². The first-order chi connectivity index (χ1) is 8.43. The van der Waals surface area contributed by atoms with Crippen LogP contribution < -0.4 is 5.32 Å². The van der Waals surface area contributed by atoms with Gasteiger partial charge in [0, 0.05) is 11.8 Å². The highest BCUT2D eigenvalue weighted by molar-refractivity contribution is 7.86. The van der Waals surface area contributed by atoms with Gasteiger partial charge in [0.15, 0.2) is 0 Å². The average molecular weight is 289 g/mol. The van der Waals surface area contributed by atoms with Gasteiger partial charge in [-0.15, -0.1) is 0 Å². The van der Waals surface area contributed by atoms with Crippen molar-refractivity contribution in [3.8, 4) is 0 Å². The fourth-order valence-corrected chi connectivity index (χ4v) is 2.73. The third-order valence-electron chi connectivity index (χ3n) is 2.63. The molecule has 0 aliphatic heterocycles. The lowest BCUT2D eigenvalue weighted by Crippen LogP contribution is -2.39. The minimum absolute atomic E-state index is 0.00296. The second kappa shape index (κ2) is 7.13. The van der Waals surface area contributed by atoms with Gasteiger partial charge in [-0.1, -0.05) is 37.3 Å². The molecule has 1 aromatic rings. The van der Waals surface area contributed by atoms with E-state index < -0.39 is 15.5 Å².